The predicted octanol–water partition coefficient (Wildman–Crippen LogP) is 0.839. The highest BCUT2D eigenvalue weighted by Crippen LogP contribution is 2.17. The molecule has 0 aromatic carbocycles. The molecule has 1 saturated heterocycles. The van der Waals surface area contributed by atoms with Gasteiger partial charge in [0.25, 0.3) is 0 Å². The lowest BCUT2D eigenvalue weighted by Gasteiger charge is -2.44. The van der Waals surface area contributed by atoms with Crippen LogP contribution >= 0.6 is 0 Å². The van der Waals surface area contributed by atoms with Gasteiger partial charge in [0.05, 0.1) is 6.17 Å². The maximum atomic E-state index is 5.46. The maximum Gasteiger partial charge on any atom is 0.334 e. The lowest BCUT2D eigenvalue weighted by molar-refractivity contribution is -0.0484. The standard InChI is InChI=1S/C11H27N3O2Si/c1-13(2)11-7-9-14(11)12-8-6-10-17(5,15-3)16-4/h11-12H,6-10H2,1-5H3. The van der Waals surface area contributed by atoms with Gasteiger partial charge in [-0.05, 0) is 39.5 Å². The van der Waals surface area contributed by atoms with E-state index in [1.165, 1.54) is 6.42 Å². The lowest BCUT2D eigenvalue weighted by atomic mass is 10.2. The van der Waals surface area contributed by atoms with Crippen LogP contribution in [0.2, 0.25) is 12.6 Å². The predicted molar refractivity (Wildman–Crippen MR) is 71.9 cm³/mol. The molecule has 0 bridgehead atoms. The van der Waals surface area contributed by atoms with E-state index in [2.05, 4.69) is 36.0 Å². The summed E-state index contributed by atoms with van der Waals surface area (Å²) >= 11 is 0. The Balaban J connectivity index is 2.12. The topological polar surface area (TPSA) is 37.0 Å². The molecule has 102 valence electrons. The highest BCUT2D eigenvalue weighted by atomic mass is 28.4. The van der Waals surface area contributed by atoms with Crippen LogP contribution in [0.5, 0.6) is 0 Å². The summed E-state index contributed by atoms with van der Waals surface area (Å²) in [5.41, 5.74) is 3.47. The normalized spacial score (nSPS) is 21.9. The largest absolute Gasteiger partial charge is 0.398 e. The summed E-state index contributed by atoms with van der Waals surface area (Å²) in [7, 11) is 5.88. The first-order valence-electron chi connectivity index (χ1n) is 6.29. The molecule has 1 fully saturated rings. The van der Waals surface area contributed by atoms with E-state index < -0.39 is 8.56 Å². The van der Waals surface area contributed by atoms with E-state index in [0.29, 0.717) is 6.17 Å². The Labute approximate surface area is 106 Å². The molecule has 1 heterocycles. The van der Waals surface area contributed by atoms with Crippen molar-refractivity contribution in [3.8, 4) is 0 Å². The summed E-state index contributed by atoms with van der Waals surface area (Å²) in [6.07, 6.45) is 2.91. The fourth-order valence-corrected chi connectivity index (χ4v) is 3.41. The van der Waals surface area contributed by atoms with Crippen LogP contribution in [0.1, 0.15) is 12.8 Å². The number of hydrazine groups is 1. The van der Waals surface area contributed by atoms with Gasteiger partial charge in [0.15, 0.2) is 0 Å². The average molecular weight is 261 g/mol. The zero-order valence-electron chi connectivity index (χ0n) is 11.8. The van der Waals surface area contributed by atoms with E-state index in [4.69, 9.17) is 8.85 Å². The molecule has 0 aromatic rings. The van der Waals surface area contributed by atoms with Gasteiger partial charge in [-0.1, -0.05) is 0 Å². The molecular weight excluding hydrogens is 234 g/mol. The van der Waals surface area contributed by atoms with E-state index in [9.17, 15) is 0 Å². The molecule has 0 radical (unpaired) electrons. The van der Waals surface area contributed by atoms with Crippen molar-refractivity contribution in [1.29, 1.82) is 0 Å². The average Bonchev–Trinajstić information content (AvgIpc) is 2.26. The van der Waals surface area contributed by atoms with Gasteiger partial charge in [-0.3, -0.25) is 10.3 Å². The number of rotatable bonds is 8. The van der Waals surface area contributed by atoms with Crippen molar-refractivity contribution < 1.29 is 8.85 Å². The molecule has 1 aliphatic heterocycles. The molecule has 1 N–H and O–H groups in total. The molecule has 0 amide bonds. The lowest BCUT2D eigenvalue weighted by Crippen LogP contribution is -2.61. The maximum absolute atomic E-state index is 5.46. The van der Waals surface area contributed by atoms with Crippen LogP contribution in [-0.2, 0) is 8.85 Å². The van der Waals surface area contributed by atoms with Crippen molar-refractivity contribution in [3.05, 3.63) is 0 Å². The Morgan fingerprint density at radius 3 is 2.41 bits per heavy atom. The van der Waals surface area contributed by atoms with Crippen LogP contribution in [-0.4, -0.2) is 66.0 Å². The first kappa shape index (κ1) is 15.1. The van der Waals surface area contributed by atoms with Gasteiger partial charge in [0.1, 0.15) is 0 Å². The van der Waals surface area contributed by atoms with E-state index >= 15 is 0 Å². The molecule has 0 spiro atoms. The smallest absolute Gasteiger partial charge is 0.334 e. The summed E-state index contributed by atoms with van der Waals surface area (Å²) in [4.78, 5) is 2.25. The Morgan fingerprint density at radius 2 is 2.00 bits per heavy atom. The van der Waals surface area contributed by atoms with Gasteiger partial charge >= 0.3 is 8.56 Å². The third-order valence-corrected chi connectivity index (χ3v) is 6.56. The molecule has 1 rings (SSSR count). The molecule has 17 heavy (non-hydrogen) atoms. The molecule has 5 nitrogen and oxygen atoms in total. The van der Waals surface area contributed by atoms with Gasteiger partial charge in [0, 0.05) is 27.3 Å². The van der Waals surface area contributed by atoms with Crippen LogP contribution < -0.4 is 5.43 Å². The molecule has 0 aliphatic carbocycles. The molecule has 1 unspecified atom stereocenters. The van der Waals surface area contributed by atoms with Crippen LogP contribution in [0, 0.1) is 0 Å². The zero-order chi connectivity index (χ0) is 12.9. The number of nitrogens with one attached hydrogen (secondary N) is 1. The minimum atomic E-state index is -1.87. The van der Waals surface area contributed by atoms with Crippen molar-refractivity contribution in [2.45, 2.75) is 31.6 Å². The van der Waals surface area contributed by atoms with Crippen molar-refractivity contribution in [1.82, 2.24) is 15.3 Å². The Kier molecular flexibility index (Phi) is 6.05. The second-order valence-corrected chi connectivity index (χ2v) is 8.56. The monoisotopic (exact) mass is 261 g/mol. The summed E-state index contributed by atoms with van der Waals surface area (Å²) in [6.45, 7) is 4.25. The quantitative estimate of drug-likeness (QED) is 0.518. The highest BCUT2D eigenvalue weighted by Gasteiger charge is 2.30. The van der Waals surface area contributed by atoms with Gasteiger partial charge in [-0.2, -0.15) is 0 Å². The molecule has 0 saturated carbocycles. The molecule has 1 aliphatic rings. The van der Waals surface area contributed by atoms with Gasteiger partial charge in [-0.15, -0.1) is 0 Å². The highest BCUT2D eigenvalue weighted by molar-refractivity contribution is 6.65. The van der Waals surface area contributed by atoms with E-state index in [-0.39, 0.29) is 0 Å². The number of nitrogens with zero attached hydrogens (tertiary/aromatic N) is 2. The third-order valence-electron chi connectivity index (χ3n) is 3.57. The second kappa shape index (κ2) is 6.82. The Bertz CT molecular complexity index is 225. The molecule has 1 atom stereocenters. The van der Waals surface area contributed by atoms with Crippen LogP contribution in [0.4, 0.5) is 0 Å². The van der Waals surface area contributed by atoms with Gasteiger partial charge < -0.3 is 8.85 Å². The summed E-state index contributed by atoms with van der Waals surface area (Å²) in [5, 5.41) is 2.30. The summed E-state index contributed by atoms with van der Waals surface area (Å²) in [6, 6.07) is 1.04. The molecular formula is C11H27N3O2Si. The van der Waals surface area contributed by atoms with Crippen LogP contribution in [0.15, 0.2) is 0 Å². The van der Waals surface area contributed by atoms with Crippen molar-refractivity contribution in [2.75, 3.05) is 41.4 Å². The zero-order valence-corrected chi connectivity index (χ0v) is 12.8. The van der Waals surface area contributed by atoms with Gasteiger partial charge in [0.2, 0.25) is 0 Å². The SMILES string of the molecule is CO[Si](C)(CCCNN1CCC1N(C)C)OC. The number of hydrogen-bond acceptors (Lipinski definition) is 5. The third kappa shape index (κ3) is 4.31. The second-order valence-electron chi connectivity index (χ2n) is 4.98. The van der Waals surface area contributed by atoms with E-state index in [1.807, 2.05) is 0 Å². The van der Waals surface area contributed by atoms with Crippen molar-refractivity contribution in [3.63, 3.8) is 0 Å². The van der Waals surface area contributed by atoms with Crippen LogP contribution in [0.3, 0.4) is 0 Å². The molecule has 0 aromatic heterocycles. The number of hydrogen-bond donors (Lipinski definition) is 1. The minimum Gasteiger partial charge on any atom is -0.398 e. The van der Waals surface area contributed by atoms with Crippen LogP contribution in [0.25, 0.3) is 0 Å². The van der Waals surface area contributed by atoms with E-state index in [0.717, 1.165) is 25.6 Å². The fourth-order valence-electron chi connectivity index (χ4n) is 2.01. The first-order chi connectivity index (χ1) is 8.02. The summed E-state index contributed by atoms with van der Waals surface area (Å²) < 4.78 is 10.9. The minimum absolute atomic E-state index is 0.559. The Morgan fingerprint density at radius 1 is 1.35 bits per heavy atom. The first-order valence-corrected chi connectivity index (χ1v) is 8.81. The van der Waals surface area contributed by atoms with E-state index in [1.54, 1.807) is 14.2 Å². The van der Waals surface area contributed by atoms with Crippen molar-refractivity contribution >= 4 is 8.56 Å². The molecule has 6 heteroatoms. The Hall–Kier alpha value is 0.0169. The summed E-state index contributed by atoms with van der Waals surface area (Å²) in [5.74, 6) is 0. The van der Waals surface area contributed by atoms with Gasteiger partial charge in [-0.25, -0.2) is 5.01 Å². The fraction of sp³-hybridized carbons (Fsp3) is 1.00. The van der Waals surface area contributed by atoms with Crippen molar-refractivity contribution in [2.24, 2.45) is 0 Å².